The summed E-state index contributed by atoms with van der Waals surface area (Å²) in [5, 5.41) is 19.3. The molecule has 5 atom stereocenters. The van der Waals surface area contributed by atoms with Gasteiger partial charge in [0.05, 0.1) is 39.5 Å². The van der Waals surface area contributed by atoms with Crippen LogP contribution in [0.1, 0.15) is 31.1 Å². The molecule has 2 aromatic carbocycles. The molecule has 0 saturated carbocycles. The summed E-state index contributed by atoms with van der Waals surface area (Å²) in [7, 11) is 1.50. The molecule has 0 aliphatic carbocycles. The molecule has 2 fully saturated rings. The molecule has 12 heteroatoms. The molecule has 3 amide bonds. The fourth-order valence-corrected chi connectivity index (χ4v) is 4.81. The Morgan fingerprint density at radius 1 is 0.977 bits per heavy atom. The number of nitrogens with zero attached hydrogens (tertiary/aromatic N) is 1. The van der Waals surface area contributed by atoms with E-state index in [1.165, 1.54) is 14.0 Å². The van der Waals surface area contributed by atoms with Crippen LogP contribution in [0.15, 0.2) is 54.6 Å². The summed E-state index contributed by atoms with van der Waals surface area (Å²) in [5.74, 6) is -1.55. The SMILES string of the molecule is COc1ccc([C@@H](O)[C@H](NC(=O)[C@H](C)NC(=O)CN2CCOCC2)C(=O)N[C@@H](Cc2ccccc2)C(=O)[C@@]2(C)CO2)cc1. The van der Waals surface area contributed by atoms with E-state index < -0.39 is 41.6 Å². The lowest BCUT2D eigenvalue weighted by atomic mass is 9.94. The average molecular weight is 597 g/mol. The molecular weight excluding hydrogens is 556 g/mol. The van der Waals surface area contributed by atoms with Crippen molar-refractivity contribution >= 4 is 23.5 Å². The third-order valence-corrected chi connectivity index (χ3v) is 7.61. The molecule has 0 bridgehead atoms. The zero-order chi connectivity index (χ0) is 31.0. The summed E-state index contributed by atoms with van der Waals surface area (Å²) in [6.07, 6.45) is -1.29. The second kappa shape index (κ2) is 14.6. The number of nitrogens with one attached hydrogen (secondary N) is 3. The minimum atomic E-state index is -1.49. The number of carbonyl (C=O) groups is 4. The van der Waals surface area contributed by atoms with Gasteiger partial charge in [-0.1, -0.05) is 42.5 Å². The van der Waals surface area contributed by atoms with E-state index in [0.717, 1.165) is 5.56 Å². The number of Topliss-reactive ketones (excluding diaryl/α,β-unsaturated/α-hetero) is 1. The van der Waals surface area contributed by atoms with Crippen molar-refractivity contribution in [1.29, 1.82) is 0 Å². The molecule has 0 radical (unpaired) electrons. The molecule has 0 aromatic heterocycles. The highest BCUT2D eigenvalue weighted by atomic mass is 16.6. The van der Waals surface area contributed by atoms with Gasteiger partial charge in [0, 0.05) is 13.1 Å². The van der Waals surface area contributed by atoms with Gasteiger partial charge in [-0.3, -0.25) is 24.1 Å². The van der Waals surface area contributed by atoms with Gasteiger partial charge in [-0.25, -0.2) is 0 Å². The molecule has 4 rings (SSSR count). The van der Waals surface area contributed by atoms with E-state index in [-0.39, 0.29) is 31.3 Å². The number of hydrogen-bond donors (Lipinski definition) is 4. The lowest BCUT2D eigenvalue weighted by Crippen LogP contribution is -2.58. The third kappa shape index (κ3) is 8.83. The molecule has 43 heavy (non-hydrogen) atoms. The normalized spacial score (nSPS) is 21.0. The van der Waals surface area contributed by atoms with Crippen molar-refractivity contribution in [2.45, 2.75) is 50.1 Å². The van der Waals surface area contributed by atoms with Gasteiger partial charge in [-0.2, -0.15) is 0 Å². The van der Waals surface area contributed by atoms with E-state index in [1.54, 1.807) is 31.2 Å². The van der Waals surface area contributed by atoms with Crippen molar-refractivity contribution in [2.75, 3.05) is 46.6 Å². The highest BCUT2D eigenvalue weighted by Gasteiger charge is 2.50. The van der Waals surface area contributed by atoms with Gasteiger partial charge in [0.1, 0.15) is 29.5 Å². The Kier molecular flexibility index (Phi) is 10.9. The van der Waals surface area contributed by atoms with Crippen molar-refractivity contribution in [2.24, 2.45) is 0 Å². The van der Waals surface area contributed by atoms with Crippen LogP contribution in [0, 0.1) is 0 Å². The zero-order valence-corrected chi connectivity index (χ0v) is 24.7. The van der Waals surface area contributed by atoms with Crippen LogP contribution in [-0.4, -0.2) is 104 Å². The number of benzene rings is 2. The fraction of sp³-hybridized carbons (Fsp3) is 0.484. The van der Waals surface area contributed by atoms with Crippen LogP contribution in [0.25, 0.3) is 0 Å². The number of aliphatic hydroxyl groups is 1. The van der Waals surface area contributed by atoms with Gasteiger partial charge >= 0.3 is 0 Å². The van der Waals surface area contributed by atoms with E-state index >= 15 is 0 Å². The van der Waals surface area contributed by atoms with Gasteiger partial charge in [-0.05, 0) is 43.5 Å². The maximum absolute atomic E-state index is 13.8. The Bertz CT molecular complexity index is 1260. The first-order valence-electron chi connectivity index (χ1n) is 14.3. The number of amides is 3. The molecular formula is C31H40N4O8. The molecule has 2 aromatic rings. The van der Waals surface area contributed by atoms with Crippen molar-refractivity contribution in [3.8, 4) is 5.75 Å². The lowest BCUT2D eigenvalue weighted by Gasteiger charge is -2.29. The molecule has 0 spiro atoms. The largest absolute Gasteiger partial charge is 0.497 e. The Balaban J connectivity index is 1.50. The first-order valence-corrected chi connectivity index (χ1v) is 14.3. The van der Waals surface area contributed by atoms with Gasteiger partial charge in [0.2, 0.25) is 17.7 Å². The van der Waals surface area contributed by atoms with Crippen LogP contribution >= 0.6 is 0 Å². The first kappa shape index (κ1) is 32.1. The monoisotopic (exact) mass is 596 g/mol. The van der Waals surface area contributed by atoms with Crippen LogP contribution in [0.2, 0.25) is 0 Å². The summed E-state index contributed by atoms with van der Waals surface area (Å²) >= 11 is 0. The molecule has 2 aliphatic heterocycles. The Hall–Kier alpha value is -3.84. The van der Waals surface area contributed by atoms with E-state index in [2.05, 4.69) is 16.0 Å². The van der Waals surface area contributed by atoms with Gasteiger partial charge < -0.3 is 35.3 Å². The van der Waals surface area contributed by atoms with Crippen molar-refractivity contribution in [1.82, 2.24) is 20.9 Å². The highest BCUT2D eigenvalue weighted by molar-refractivity contribution is 5.98. The second-order valence-corrected chi connectivity index (χ2v) is 11.0. The third-order valence-electron chi connectivity index (χ3n) is 7.61. The van der Waals surface area contributed by atoms with E-state index in [4.69, 9.17) is 14.2 Å². The van der Waals surface area contributed by atoms with Crippen LogP contribution in [-0.2, 0) is 35.1 Å². The van der Waals surface area contributed by atoms with Crippen LogP contribution < -0.4 is 20.7 Å². The summed E-state index contributed by atoms with van der Waals surface area (Å²) in [6.45, 7) is 5.77. The van der Waals surface area contributed by atoms with Gasteiger partial charge in [0.15, 0.2) is 5.78 Å². The zero-order valence-electron chi connectivity index (χ0n) is 24.7. The van der Waals surface area contributed by atoms with Gasteiger partial charge in [-0.15, -0.1) is 0 Å². The predicted octanol–water partition coefficient (Wildman–Crippen LogP) is 0.136. The van der Waals surface area contributed by atoms with Crippen molar-refractivity contribution in [3.63, 3.8) is 0 Å². The molecule has 232 valence electrons. The summed E-state index contributed by atoms with van der Waals surface area (Å²) in [6, 6.07) is 12.1. The number of rotatable bonds is 14. The minimum absolute atomic E-state index is 0.101. The number of morpholine rings is 1. The second-order valence-electron chi connectivity index (χ2n) is 11.0. The Morgan fingerprint density at radius 3 is 2.23 bits per heavy atom. The maximum Gasteiger partial charge on any atom is 0.246 e. The van der Waals surface area contributed by atoms with E-state index in [0.29, 0.717) is 37.6 Å². The topological polar surface area (TPSA) is 159 Å². The smallest absolute Gasteiger partial charge is 0.246 e. The quantitative estimate of drug-likeness (QED) is 0.223. The molecule has 12 nitrogen and oxygen atoms in total. The maximum atomic E-state index is 13.8. The van der Waals surface area contributed by atoms with Crippen molar-refractivity contribution in [3.05, 3.63) is 65.7 Å². The number of hydrogen-bond acceptors (Lipinski definition) is 9. The summed E-state index contributed by atoms with van der Waals surface area (Å²) < 4.78 is 15.9. The molecule has 4 N–H and O–H groups in total. The van der Waals surface area contributed by atoms with Crippen LogP contribution in [0.4, 0.5) is 0 Å². The molecule has 2 heterocycles. The Labute approximate surface area is 251 Å². The fourth-order valence-electron chi connectivity index (χ4n) is 4.81. The number of epoxide rings is 1. The number of ketones is 1. The number of methoxy groups -OCH3 is 1. The number of ether oxygens (including phenoxy) is 3. The van der Waals surface area contributed by atoms with E-state index in [9.17, 15) is 24.3 Å². The highest BCUT2D eigenvalue weighted by Crippen LogP contribution is 2.29. The molecule has 2 aliphatic rings. The average Bonchev–Trinajstić information content (AvgIpc) is 3.77. The van der Waals surface area contributed by atoms with Gasteiger partial charge in [0.25, 0.3) is 0 Å². The summed E-state index contributed by atoms with van der Waals surface area (Å²) in [5.41, 5.74) is 0.145. The van der Waals surface area contributed by atoms with Crippen LogP contribution in [0.5, 0.6) is 5.75 Å². The Morgan fingerprint density at radius 2 is 1.63 bits per heavy atom. The number of aliphatic hydroxyl groups excluding tert-OH is 1. The summed E-state index contributed by atoms with van der Waals surface area (Å²) in [4.78, 5) is 54.9. The van der Waals surface area contributed by atoms with E-state index in [1.807, 2.05) is 35.2 Å². The number of carbonyl (C=O) groups excluding carboxylic acids is 4. The molecule has 0 unspecified atom stereocenters. The minimum Gasteiger partial charge on any atom is -0.497 e. The predicted molar refractivity (Wildman–Crippen MR) is 156 cm³/mol. The molecule has 2 saturated heterocycles. The lowest BCUT2D eigenvalue weighted by molar-refractivity contribution is -0.136. The van der Waals surface area contributed by atoms with Crippen molar-refractivity contribution < 1.29 is 38.5 Å². The standard InChI is InChI=1S/C31H40N4O8/c1-20(32-25(36)18-35-13-15-42-16-14-35)29(39)34-26(27(37)22-9-11-23(41-3)12-10-22)30(40)33-24(28(38)31(2)19-43-31)17-21-7-5-4-6-8-21/h4-12,20,24,26-27,37H,13-19H2,1-3H3,(H,32,36)(H,33,40)(H,34,39)/t20-,24-,26-,27+,31+/m0/s1. The van der Waals surface area contributed by atoms with Crippen LogP contribution in [0.3, 0.4) is 0 Å². The first-order chi connectivity index (χ1) is 20.6.